The predicted molar refractivity (Wildman–Crippen MR) is 91.6 cm³/mol. The third-order valence-electron chi connectivity index (χ3n) is 3.54. The fourth-order valence-electron chi connectivity index (χ4n) is 2.46. The number of carbonyl (C=O) groups is 1. The van der Waals surface area contributed by atoms with Crippen molar-refractivity contribution < 1.29 is 4.79 Å². The Bertz CT molecular complexity index is 953. The fourth-order valence-corrected chi connectivity index (χ4v) is 3.74. The van der Waals surface area contributed by atoms with Crippen molar-refractivity contribution in [1.29, 1.82) is 0 Å². The van der Waals surface area contributed by atoms with E-state index in [9.17, 15) is 4.79 Å². The topological polar surface area (TPSA) is 34.4 Å². The number of hydrogen-bond acceptors (Lipinski definition) is 2. The Morgan fingerprint density at radius 2 is 1.95 bits per heavy atom. The minimum atomic E-state index is -0.317. The van der Waals surface area contributed by atoms with Crippen LogP contribution in [0, 0.1) is 13.8 Å². The highest BCUT2D eigenvalue weighted by Crippen LogP contribution is 2.23. The summed E-state index contributed by atoms with van der Waals surface area (Å²) < 4.78 is 3.10. The van der Waals surface area contributed by atoms with E-state index in [1.807, 2.05) is 11.6 Å². The molecule has 3 nitrogen and oxygen atoms in total. The lowest BCUT2D eigenvalue weighted by Gasteiger charge is -2.00. The zero-order chi connectivity index (χ0) is 15.9. The Kier molecular flexibility index (Phi) is 3.89. The highest BCUT2D eigenvalue weighted by molar-refractivity contribution is 7.16. The lowest BCUT2D eigenvalue weighted by molar-refractivity contribution is 0.0998. The number of aromatic nitrogens is 1. The molecule has 2 aromatic carbocycles. The maximum atomic E-state index is 12.4. The minimum absolute atomic E-state index is 0.317. The number of benzene rings is 2. The lowest BCUT2D eigenvalue weighted by atomic mass is 10.1. The lowest BCUT2D eigenvalue weighted by Crippen LogP contribution is -2.13. The summed E-state index contributed by atoms with van der Waals surface area (Å²) in [4.78, 5) is 17.3. The minimum Gasteiger partial charge on any atom is -0.319 e. The molecule has 0 atom stereocenters. The van der Waals surface area contributed by atoms with Gasteiger partial charge in [-0.25, -0.2) is 0 Å². The van der Waals surface area contributed by atoms with E-state index in [4.69, 9.17) is 11.6 Å². The van der Waals surface area contributed by atoms with E-state index in [0.29, 0.717) is 15.4 Å². The quantitative estimate of drug-likeness (QED) is 0.656. The van der Waals surface area contributed by atoms with E-state index in [2.05, 4.69) is 31.0 Å². The number of nitrogens with zero attached hydrogens (tertiary/aromatic N) is 2. The molecule has 0 fully saturated rings. The second-order valence-electron chi connectivity index (χ2n) is 5.27. The number of rotatable bonds is 1. The molecule has 5 heteroatoms. The van der Waals surface area contributed by atoms with Crippen molar-refractivity contribution in [3.63, 3.8) is 0 Å². The number of thiazole rings is 1. The monoisotopic (exact) mass is 330 g/mol. The van der Waals surface area contributed by atoms with Gasteiger partial charge in [-0.2, -0.15) is 4.99 Å². The van der Waals surface area contributed by atoms with Crippen LogP contribution in [0.3, 0.4) is 0 Å². The predicted octanol–water partition coefficient (Wildman–Crippen LogP) is 4.25. The molecule has 0 saturated carbocycles. The first-order valence-corrected chi connectivity index (χ1v) is 8.07. The summed E-state index contributed by atoms with van der Waals surface area (Å²) in [7, 11) is 1.93. The van der Waals surface area contributed by atoms with Crippen molar-refractivity contribution in [3.05, 3.63) is 62.9 Å². The average Bonchev–Trinajstić information content (AvgIpc) is 2.77. The molecular formula is C17H15ClN2OS. The Labute approximate surface area is 137 Å². The molecule has 3 aromatic rings. The smallest absolute Gasteiger partial charge is 0.281 e. The summed E-state index contributed by atoms with van der Waals surface area (Å²) in [5, 5.41) is 0.423. The molecule has 0 radical (unpaired) electrons. The van der Waals surface area contributed by atoms with Gasteiger partial charge < -0.3 is 4.57 Å². The number of fused-ring (bicyclic) bond motifs is 1. The molecule has 0 spiro atoms. The van der Waals surface area contributed by atoms with Crippen LogP contribution in [0.25, 0.3) is 10.2 Å². The van der Waals surface area contributed by atoms with Crippen LogP contribution in [0.4, 0.5) is 0 Å². The molecule has 112 valence electrons. The van der Waals surface area contributed by atoms with Crippen LogP contribution in [0.2, 0.25) is 5.02 Å². The van der Waals surface area contributed by atoms with Crippen molar-refractivity contribution >= 4 is 39.1 Å². The van der Waals surface area contributed by atoms with Crippen LogP contribution in [-0.2, 0) is 7.05 Å². The molecule has 1 heterocycles. The zero-order valence-electron chi connectivity index (χ0n) is 12.6. The van der Waals surface area contributed by atoms with Crippen molar-refractivity contribution in [1.82, 2.24) is 4.57 Å². The normalized spacial score (nSPS) is 12.1. The summed E-state index contributed by atoms with van der Waals surface area (Å²) in [6.07, 6.45) is 0. The summed E-state index contributed by atoms with van der Waals surface area (Å²) in [6, 6.07) is 11.2. The Morgan fingerprint density at radius 3 is 2.68 bits per heavy atom. The second-order valence-corrected chi connectivity index (χ2v) is 6.66. The third kappa shape index (κ3) is 2.60. The van der Waals surface area contributed by atoms with Crippen LogP contribution < -0.4 is 4.80 Å². The number of carbonyl (C=O) groups excluding carboxylic acids is 1. The maximum Gasteiger partial charge on any atom is 0.281 e. The molecule has 0 unspecified atom stereocenters. The number of aryl methyl sites for hydroxylation is 3. The van der Waals surface area contributed by atoms with Gasteiger partial charge in [0.05, 0.1) is 20.8 Å². The van der Waals surface area contributed by atoms with E-state index in [-0.39, 0.29) is 5.91 Å². The number of amides is 1. The van der Waals surface area contributed by atoms with Gasteiger partial charge in [0, 0.05) is 7.05 Å². The maximum absolute atomic E-state index is 12.4. The van der Waals surface area contributed by atoms with Crippen molar-refractivity contribution in [3.8, 4) is 0 Å². The van der Waals surface area contributed by atoms with Crippen LogP contribution >= 0.6 is 22.9 Å². The first kappa shape index (κ1) is 15.0. The fraction of sp³-hybridized carbons (Fsp3) is 0.176. The molecule has 3 rings (SSSR count). The van der Waals surface area contributed by atoms with E-state index < -0.39 is 0 Å². The summed E-state index contributed by atoms with van der Waals surface area (Å²) in [6.45, 7) is 4.14. The van der Waals surface area contributed by atoms with Gasteiger partial charge >= 0.3 is 0 Å². The van der Waals surface area contributed by atoms with Crippen molar-refractivity contribution in [2.24, 2.45) is 12.0 Å². The van der Waals surface area contributed by atoms with Crippen molar-refractivity contribution in [2.45, 2.75) is 13.8 Å². The van der Waals surface area contributed by atoms with E-state index >= 15 is 0 Å². The van der Waals surface area contributed by atoms with Crippen LogP contribution in [0.15, 0.2) is 41.4 Å². The highest BCUT2D eigenvalue weighted by atomic mass is 35.5. The molecule has 1 aromatic heterocycles. The Hall–Kier alpha value is -1.91. The molecule has 0 aliphatic heterocycles. The van der Waals surface area contributed by atoms with Crippen LogP contribution in [0.1, 0.15) is 21.5 Å². The molecule has 22 heavy (non-hydrogen) atoms. The van der Waals surface area contributed by atoms with Crippen LogP contribution in [-0.4, -0.2) is 10.5 Å². The van der Waals surface area contributed by atoms with E-state index in [0.717, 1.165) is 10.2 Å². The van der Waals surface area contributed by atoms with E-state index in [1.165, 1.54) is 22.5 Å². The Morgan fingerprint density at radius 1 is 1.23 bits per heavy atom. The van der Waals surface area contributed by atoms with Gasteiger partial charge in [0.1, 0.15) is 0 Å². The number of halogens is 1. The van der Waals surface area contributed by atoms with Gasteiger partial charge in [0.15, 0.2) is 4.80 Å². The van der Waals surface area contributed by atoms with Gasteiger partial charge in [-0.3, -0.25) is 4.79 Å². The number of hydrogen-bond donors (Lipinski definition) is 0. The van der Waals surface area contributed by atoms with Gasteiger partial charge in [-0.1, -0.05) is 41.1 Å². The first-order valence-electron chi connectivity index (χ1n) is 6.88. The SMILES string of the molecule is Cc1cc(C)c2sc(=NC(=O)c3ccccc3Cl)n(C)c2c1. The van der Waals surface area contributed by atoms with Gasteiger partial charge in [0.25, 0.3) is 5.91 Å². The molecule has 0 saturated heterocycles. The molecule has 0 N–H and O–H groups in total. The van der Waals surface area contributed by atoms with Gasteiger partial charge in [-0.05, 0) is 43.2 Å². The standard InChI is InChI=1S/C17H15ClN2OS/c1-10-8-11(2)15-14(9-10)20(3)17(22-15)19-16(21)12-6-4-5-7-13(12)18/h4-9H,1-3H3. The summed E-state index contributed by atoms with van der Waals surface area (Å²) in [5.41, 5.74) is 3.91. The zero-order valence-corrected chi connectivity index (χ0v) is 14.1. The molecule has 1 amide bonds. The van der Waals surface area contributed by atoms with Crippen molar-refractivity contribution in [2.75, 3.05) is 0 Å². The average molecular weight is 331 g/mol. The van der Waals surface area contributed by atoms with Gasteiger partial charge in [-0.15, -0.1) is 0 Å². The highest BCUT2D eigenvalue weighted by Gasteiger charge is 2.11. The largest absolute Gasteiger partial charge is 0.319 e. The molecule has 0 aliphatic carbocycles. The second kappa shape index (κ2) is 5.71. The third-order valence-corrected chi connectivity index (χ3v) is 5.15. The van der Waals surface area contributed by atoms with Gasteiger partial charge in [0.2, 0.25) is 0 Å². The van der Waals surface area contributed by atoms with E-state index in [1.54, 1.807) is 24.3 Å². The summed E-state index contributed by atoms with van der Waals surface area (Å²) >= 11 is 7.59. The Balaban J connectivity index is 2.18. The molecule has 0 bridgehead atoms. The molecular weight excluding hydrogens is 316 g/mol. The summed E-state index contributed by atoms with van der Waals surface area (Å²) in [5.74, 6) is -0.317. The van der Waals surface area contributed by atoms with Crippen LogP contribution in [0.5, 0.6) is 0 Å². The molecule has 0 aliphatic rings. The first-order chi connectivity index (χ1) is 10.5.